The molecule has 1 aliphatic carbocycles. The van der Waals surface area contributed by atoms with Gasteiger partial charge < -0.3 is 4.90 Å². The third kappa shape index (κ3) is 5.71. The molecule has 2 atom stereocenters. The highest BCUT2D eigenvalue weighted by Crippen LogP contribution is 2.36. The number of nitrogens with zero attached hydrogens (tertiary/aromatic N) is 4. The molecule has 2 unspecified atom stereocenters. The molecule has 0 bridgehead atoms. The number of alkyl halides is 3. The van der Waals surface area contributed by atoms with Crippen molar-refractivity contribution in [1.82, 2.24) is 10.4 Å². The van der Waals surface area contributed by atoms with Crippen molar-refractivity contribution in [1.29, 1.82) is 5.26 Å². The van der Waals surface area contributed by atoms with Gasteiger partial charge in [0.1, 0.15) is 17.7 Å². The topological polar surface area (TPSA) is 55.2 Å². The van der Waals surface area contributed by atoms with Crippen LogP contribution in [-0.4, -0.2) is 23.2 Å². The van der Waals surface area contributed by atoms with Crippen LogP contribution in [0.1, 0.15) is 43.0 Å². The monoisotopic (exact) mass is 485 g/mol. The molecule has 2 aromatic rings. The number of pyridine rings is 1. The summed E-state index contributed by atoms with van der Waals surface area (Å²) >= 11 is 0. The van der Waals surface area contributed by atoms with Crippen LogP contribution in [0.2, 0.25) is 0 Å². The van der Waals surface area contributed by atoms with Crippen molar-refractivity contribution >= 4 is 20.8 Å². The Balaban J connectivity index is 1.85. The van der Waals surface area contributed by atoms with Gasteiger partial charge in [-0.1, -0.05) is 0 Å². The van der Waals surface area contributed by atoms with E-state index in [1.54, 1.807) is 12.1 Å². The number of halogens is 5. The van der Waals surface area contributed by atoms with Crippen molar-refractivity contribution in [3.8, 4) is 6.07 Å². The van der Waals surface area contributed by atoms with Crippen molar-refractivity contribution in [2.45, 2.75) is 64.3 Å². The summed E-state index contributed by atoms with van der Waals surface area (Å²) in [5.74, 6) is -1.40. The van der Waals surface area contributed by atoms with Crippen LogP contribution >= 0.6 is 9.39 Å². The molecule has 0 aliphatic heterocycles. The Bertz CT molecular complexity index is 1020. The Hall–Kier alpha value is -2.50. The molecule has 1 aromatic heterocycles. The molecule has 3 rings (SSSR count). The Morgan fingerprint density at radius 1 is 1.30 bits per heavy atom. The first kappa shape index (κ1) is 25.1. The average Bonchev–Trinajstić information content (AvgIpc) is 2.72. The van der Waals surface area contributed by atoms with Gasteiger partial charge in [-0.05, 0) is 60.7 Å². The largest absolute Gasteiger partial charge is 0.405 e. The van der Waals surface area contributed by atoms with E-state index in [0.29, 0.717) is 17.1 Å². The normalized spacial score (nSPS) is 15.0. The van der Waals surface area contributed by atoms with Crippen LogP contribution < -0.4 is 15.1 Å². The van der Waals surface area contributed by atoms with Crippen molar-refractivity contribution in [3.05, 3.63) is 52.9 Å². The van der Waals surface area contributed by atoms with E-state index in [-0.39, 0.29) is 30.1 Å². The van der Waals surface area contributed by atoms with E-state index in [4.69, 9.17) is 0 Å². The molecule has 1 saturated carbocycles. The number of rotatable bonds is 8. The SMILES string of the molecule is Cc1c(F)cc(N(Cc2ccc(N(P)NC(C)C(F)(F)F)cn2)C2CCC2)c(CC#N)c1F. The quantitative estimate of drug-likeness (QED) is 0.311. The lowest BCUT2D eigenvalue weighted by Gasteiger charge is -2.40. The number of nitrogens with one attached hydrogen (secondary N) is 1. The van der Waals surface area contributed by atoms with E-state index >= 15 is 0 Å². The van der Waals surface area contributed by atoms with Gasteiger partial charge >= 0.3 is 6.18 Å². The standard InChI is InChI=1S/C22H25F5N5P/c1-13-19(23)10-20(18(8-9-28)21(13)24)31(16-4-3-5-16)12-15-6-7-17(11-29-15)32(33)30-14(2)22(25,26)27/h6-7,10-11,14,16,30H,3-5,8,12,33H2,1-2H3. The second kappa shape index (κ2) is 10.2. The highest BCUT2D eigenvalue weighted by atomic mass is 31.0. The third-order valence-electron chi connectivity index (χ3n) is 5.85. The van der Waals surface area contributed by atoms with Crippen LogP contribution in [0, 0.1) is 29.9 Å². The van der Waals surface area contributed by atoms with Crippen molar-refractivity contribution in [3.63, 3.8) is 0 Å². The number of hydrogen-bond donors (Lipinski definition) is 1. The molecular weight excluding hydrogens is 460 g/mol. The van der Waals surface area contributed by atoms with E-state index < -0.39 is 23.9 Å². The van der Waals surface area contributed by atoms with Crippen molar-refractivity contribution < 1.29 is 22.0 Å². The lowest BCUT2D eigenvalue weighted by Crippen LogP contribution is -2.46. The van der Waals surface area contributed by atoms with Crippen LogP contribution in [0.15, 0.2) is 24.4 Å². The number of benzene rings is 1. The molecule has 5 nitrogen and oxygen atoms in total. The van der Waals surface area contributed by atoms with Crippen LogP contribution in [0.25, 0.3) is 0 Å². The Kier molecular flexibility index (Phi) is 7.76. The van der Waals surface area contributed by atoms with Crippen LogP contribution in [0.3, 0.4) is 0 Å². The molecule has 0 radical (unpaired) electrons. The minimum absolute atomic E-state index is 0.0537. The molecule has 178 valence electrons. The molecule has 1 fully saturated rings. The van der Waals surface area contributed by atoms with Gasteiger partial charge in [0.25, 0.3) is 0 Å². The molecule has 0 amide bonds. The fourth-order valence-electron chi connectivity index (χ4n) is 3.56. The van der Waals surface area contributed by atoms with Crippen LogP contribution in [0.5, 0.6) is 0 Å². The molecule has 11 heteroatoms. The second-order valence-corrected chi connectivity index (χ2v) is 8.63. The van der Waals surface area contributed by atoms with Gasteiger partial charge in [-0.3, -0.25) is 9.76 Å². The molecule has 0 saturated heterocycles. The number of hydrogen-bond acceptors (Lipinski definition) is 5. The zero-order valence-corrected chi connectivity index (χ0v) is 19.4. The first-order chi connectivity index (χ1) is 15.5. The van der Waals surface area contributed by atoms with Gasteiger partial charge in [-0.2, -0.15) is 18.4 Å². The van der Waals surface area contributed by atoms with Gasteiger partial charge in [0.05, 0.1) is 36.6 Å². The average molecular weight is 485 g/mol. The van der Waals surface area contributed by atoms with E-state index in [1.807, 2.05) is 11.0 Å². The maximum absolute atomic E-state index is 14.8. The number of nitriles is 1. The van der Waals surface area contributed by atoms with E-state index in [1.165, 1.54) is 19.2 Å². The van der Waals surface area contributed by atoms with Gasteiger partial charge in [-0.15, -0.1) is 0 Å². The van der Waals surface area contributed by atoms with E-state index in [2.05, 4.69) is 19.8 Å². The highest BCUT2D eigenvalue weighted by molar-refractivity contribution is 7.18. The lowest BCUT2D eigenvalue weighted by molar-refractivity contribution is -0.151. The zero-order chi connectivity index (χ0) is 24.3. The molecule has 0 spiro atoms. The van der Waals surface area contributed by atoms with Crippen molar-refractivity contribution in [2.24, 2.45) is 0 Å². The van der Waals surface area contributed by atoms with Crippen LogP contribution in [0.4, 0.5) is 33.3 Å². The Morgan fingerprint density at radius 3 is 2.52 bits per heavy atom. The zero-order valence-electron chi connectivity index (χ0n) is 18.3. The summed E-state index contributed by atoms with van der Waals surface area (Å²) in [6.45, 7) is 2.59. The summed E-state index contributed by atoms with van der Waals surface area (Å²) in [7, 11) is 2.17. The lowest BCUT2D eigenvalue weighted by atomic mass is 9.89. The maximum Gasteiger partial charge on any atom is 0.405 e. The van der Waals surface area contributed by atoms with Gasteiger partial charge in [-0.25, -0.2) is 14.2 Å². The molecule has 1 N–H and O–H groups in total. The molecular formula is C22H25F5N5P. The van der Waals surface area contributed by atoms with Crippen molar-refractivity contribution in [2.75, 3.05) is 9.68 Å². The Labute approximate surface area is 191 Å². The smallest absolute Gasteiger partial charge is 0.362 e. The molecule has 1 aliphatic rings. The van der Waals surface area contributed by atoms with E-state index in [9.17, 15) is 27.2 Å². The van der Waals surface area contributed by atoms with Gasteiger partial charge in [0.2, 0.25) is 0 Å². The first-order valence-corrected chi connectivity index (χ1v) is 11.0. The number of aromatic nitrogens is 1. The summed E-state index contributed by atoms with van der Waals surface area (Å²) in [6, 6.07) is 4.78. The summed E-state index contributed by atoms with van der Waals surface area (Å²) in [6.07, 6.45) is -0.485. The summed E-state index contributed by atoms with van der Waals surface area (Å²) < 4.78 is 68.7. The minimum atomic E-state index is -4.40. The summed E-state index contributed by atoms with van der Waals surface area (Å²) in [5.41, 5.74) is 3.65. The summed E-state index contributed by atoms with van der Waals surface area (Å²) in [4.78, 5) is 6.21. The third-order valence-corrected chi connectivity index (χ3v) is 6.30. The minimum Gasteiger partial charge on any atom is -0.362 e. The fraction of sp³-hybridized carbons (Fsp3) is 0.455. The van der Waals surface area contributed by atoms with Gasteiger partial charge in [0, 0.05) is 22.9 Å². The number of anilines is 2. The van der Waals surface area contributed by atoms with Crippen LogP contribution in [-0.2, 0) is 13.0 Å². The number of hydrazine groups is 1. The van der Waals surface area contributed by atoms with Gasteiger partial charge in [0.15, 0.2) is 0 Å². The predicted molar refractivity (Wildman–Crippen MR) is 119 cm³/mol. The Morgan fingerprint density at radius 2 is 2.00 bits per heavy atom. The molecule has 1 aromatic carbocycles. The highest BCUT2D eigenvalue weighted by Gasteiger charge is 2.36. The predicted octanol–water partition coefficient (Wildman–Crippen LogP) is 5.35. The maximum atomic E-state index is 14.8. The first-order valence-electron chi connectivity index (χ1n) is 10.5. The molecule has 1 heterocycles. The van der Waals surface area contributed by atoms with E-state index in [0.717, 1.165) is 31.0 Å². The molecule has 33 heavy (non-hydrogen) atoms. The summed E-state index contributed by atoms with van der Waals surface area (Å²) in [5, 5.41) is 9.18. The second-order valence-electron chi connectivity index (χ2n) is 8.11. The fourth-order valence-corrected chi connectivity index (χ4v) is 3.93.